The Morgan fingerprint density at radius 1 is 1.36 bits per heavy atom. The highest BCUT2D eigenvalue weighted by Crippen LogP contribution is 2.20. The Kier molecular flexibility index (Phi) is 4.53. The largest absolute Gasteiger partial charge is 0.445 e. The number of carbonyl (C=O) groups excluding carboxylic acids is 1. The highest BCUT2D eigenvalue weighted by atomic mass is 16.3. The summed E-state index contributed by atoms with van der Waals surface area (Å²) in [5.41, 5.74) is 0.857. The van der Waals surface area contributed by atoms with Crippen LogP contribution in [0.15, 0.2) is 53.5 Å². The second-order valence-corrected chi connectivity index (χ2v) is 5.90. The van der Waals surface area contributed by atoms with E-state index in [0.717, 1.165) is 5.56 Å². The van der Waals surface area contributed by atoms with E-state index >= 15 is 0 Å². The Bertz CT molecular complexity index is 838. The number of oxazole rings is 1. The summed E-state index contributed by atoms with van der Waals surface area (Å²) in [6.07, 6.45) is 6.36. The molecule has 3 N–H and O–H groups in total. The number of nitrogens with zero attached hydrogens (tertiary/aromatic N) is 3. The molecule has 25 heavy (non-hydrogen) atoms. The maximum absolute atomic E-state index is 12.0. The van der Waals surface area contributed by atoms with Crippen molar-refractivity contribution in [3.63, 3.8) is 0 Å². The van der Waals surface area contributed by atoms with Crippen LogP contribution in [0.3, 0.4) is 0 Å². The quantitative estimate of drug-likeness (QED) is 0.659. The van der Waals surface area contributed by atoms with Gasteiger partial charge in [0.25, 0.3) is 0 Å². The first-order valence-corrected chi connectivity index (χ1v) is 7.70. The average Bonchev–Trinajstić information content (AvgIpc) is 3.26. The Balaban J connectivity index is 1.55. The number of anilines is 1. The van der Waals surface area contributed by atoms with E-state index in [9.17, 15) is 9.90 Å². The number of rotatable bonds is 5. The van der Waals surface area contributed by atoms with Gasteiger partial charge in [0, 0.05) is 30.1 Å². The molecule has 8 heteroatoms. The molecule has 0 fully saturated rings. The van der Waals surface area contributed by atoms with Gasteiger partial charge >= 0.3 is 6.03 Å². The fourth-order valence-electron chi connectivity index (χ4n) is 2.29. The van der Waals surface area contributed by atoms with Crippen LogP contribution in [-0.4, -0.2) is 32.4 Å². The molecule has 1 aromatic carbocycles. The average molecular weight is 341 g/mol. The number of benzene rings is 1. The van der Waals surface area contributed by atoms with Gasteiger partial charge in [-0.3, -0.25) is 4.68 Å². The van der Waals surface area contributed by atoms with Crippen LogP contribution < -0.4 is 10.6 Å². The van der Waals surface area contributed by atoms with Gasteiger partial charge in [-0.05, 0) is 31.2 Å². The lowest BCUT2D eigenvalue weighted by molar-refractivity contribution is 0.0599. The van der Waals surface area contributed by atoms with E-state index in [-0.39, 0.29) is 6.54 Å². The van der Waals surface area contributed by atoms with Crippen molar-refractivity contribution < 1.29 is 14.3 Å². The van der Waals surface area contributed by atoms with Crippen molar-refractivity contribution in [1.29, 1.82) is 0 Å². The topological polar surface area (TPSA) is 105 Å². The number of urea groups is 1. The molecule has 2 heterocycles. The Morgan fingerprint density at radius 3 is 2.72 bits per heavy atom. The zero-order valence-electron chi connectivity index (χ0n) is 13.9. The summed E-state index contributed by atoms with van der Waals surface area (Å²) in [6.45, 7) is 1.67. The molecule has 0 saturated heterocycles. The standard InChI is InChI=1S/C17H19N5O3/c1-17(24,13-9-20-22(2)10-13)11-19-16(23)21-14-5-3-12(4-6-14)15-18-7-8-25-15/h3-10,24H,11H2,1-2H3,(H2,19,21,23). The summed E-state index contributed by atoms with van der Waals surface area (Å²) in [4.78, 5) is 16.1. The predicted molar refractivity (Wildman–Crippen MR) is 91.7 cm³/mol. The number of carbonyl (C=O) groups is 1. The third-order valence-electron chi connectivity index (χ3n) is 3.74. The number of aromatic nitrogens is 3. The lowest BCUT2D eigenvalue weighted by atomic mass is 10.00. The summed E-state index contributed by atoms with van der Waals surface area (Å²) in [7, 11) is 1.77. The van der Waals surface area contributed by atoms with Gasteiger partial charge in [0.2, 0.25) is 5.89 Å². The maximum Gasteiger partial charge on any atom is 0.319 e. The zero-order chi connectivity index (χ0) is 17.9. The highest BCUT2D eigenvalue weighted by Gasteiger charge is 2.25. The lowest BCUT2D eigenvalue weighted by Crippen LogP contribution is -2.40. The molecular formula is C17H19N5O3. The third-order valence-corrected chi connectivity index (χ3v) is 3.74. The molecule has 0 bridgehead atoms. The van der Waals surface area contributed by atoms with Crippen LogP contribution >= 0.6 is 0 Å². The van der Waals surface area contributed by atoms with Gasteiger partial charge < -0.3 is 20.2 Å². The van der Waals surface area contributed by atoms with Crippen LogP contribution in [-0.2, 0) is 12.6 Å². The summed E-state index contributed by atoms with van der Waals surface area (Å²) in [5, 5.41) is 19.8. The van der Waals surface area contributed by atoms with Crippen molar-refractivity contribution in [3.8, 4) is 11.5 Å². The molecule has 130 valence electrons. The Labute approximate surface area is 144 Å². The third kappa shape index (κ3) is 4.04. The Morgan fingerprint density at radius 2 is 2.12 bits per heavy atom. The first kappa shape index (κ1) is 16.7. The first-order valence-electron chi connectivity index (χ1n) is 7.70. The van der Waals surface area contributed by atoms with Crippen molar-refractivity contribution in [2.75, 3.05) is 11.9 Å². The Hall–Kier alpha value is -3.13. The van der Waals surface area contributed by atoms with Gasteiger partial charge in [-0.1, -0.05) is 0 Å². The van der Waals surface area contributed by atoms with Crippen LogP contribution in [0.5, 0.6) is 0 Å². The van der Waals surface area contributed by atoms with Crippen LogP contribution in [0.1, 0.15) is 12.5 Å². The molecule has 2 aromatic heterocycles. The van der Waals surface area contributed by atoms with E-state index < -0.39 is 11.6 Å². The van der Waals surface area contributed by atoms with Gasteiger partial charge in [-0.25, -0.2) is 9.78 Å². The van der Waals surface area contributed by atoms with Crippen molar-refractivity contribution >= 4 is 11.7 Å². The van der Waals surface area contributed by atoms with E-state index in [1.165, 1.54) is 6.26 Å². The van der Waals surface area contributed by atoms with Crippen molar-refractivity contribution in [2.45, 2.75) is 12.5 Å². The molecule has 8 nitrogen and oxygen atoms in total. The van der Waals surface area contributed by atoms with E-state index in [1.54, 1.807) is 61.5 Å². The first-order chi connectivity index (χ1) is 11.9. The van der Waals surface area contributed by atoms with Crippen LogP contribution in [0.25, 0.3) is 11.5 Å². The number of aliphatic hydroxyl groups is 1. The molecule has 0 spiro atoms. The van der Waals surface area contributed by atoms with Gasteiger partial charge in [0.05, 0.1) is 18.9 Å². The number of hydrogen-bond acceptors (Lipinski definition) is 5. The second-order valence-electron chi connectivity index (χ2n) is 5.90. The SMILES string of the molecule is Cn1cc(C(C)(O)CNC(=O)Nc2ccc(-c3ncco3)cc2)cn1. The van der Waals surface area contributed by atoms with E-state index in [2.05, 4.69) is 20.7 Å². The van der Waals surface area contributed by atoms with Gasteiger partial charge in [-0.2, -0.15) is 5.10 Å². The molecule has 0 radical (unpaired) electrons. The minimum absolute atomic E-state index is 0.0545. The number of amides is 2. The van der Waals surface area contributed by atoms with Gasteiger partial charge in [-0.15, -0.1) is 0 Å². The normalized spacial score (nSPS) is 13.2. The fraction of sp³-hybridized carbons (Fsp3) is 0.235. The molecule has 0 aliphatic heterocycles. The minimum atomic E-state index is -1.21. The smallest absolute Gasteiger partial charge is 0.319 e. The predicted octanol–water partition coefficient (Wildman–Crippen LogP) is 2.10. The van der Waals surface area contributed by atoms with E-state index in [1.807, 2.05) is 0 Å². The molecule has 1 unspecified atom stereocenters. The number of aryl methyl sites for hydroxylation is 1. The second kappa shape index (κ2) is 6.78. The molecule has 0 aliphatic carbocycles. The molecule has 0 aliphatic rings. The van der Waals surface area contributed by atoms with Crippen molar-refractivity contribution in [2.24, 2.45) is 7.05 Å². The zero-order valence-corrected chi connectivity index (χ0v) is 13.9. The van der Waals surface area contributed by atoms with Gasteiger partial charge in [0.1, 0.15) is 11.9 Å². The molecule has 3 aromatic rings. The van der Waals surface area contributed by atoms with Gasteiger partial charge in [0.15, 0.2) is 0 Å². The molecule has 1 atom stereocenters. The summed E-state index contributed by atoms with van der Waals surface area (Å²) < 4.78 is 6.81. The fourth-order valence-corrected chi connectivity index (χ4v) is 2.29. The van der Waals surface area contributed by atoms with Crippen molar-refractivity contribution in [1.82, 2.24) is 20.1 Å². The van der Waals surface area contributed by atoms with Crippen LogP contribution in [0.2, 0.25) is 0 Å². The summed E-state index contributed by atoms with van der Waals surface area (Å²) >= 11 is 0. The van der Waals surface area contributed by atoms with Crippen molar-refractivity contribution in [3.05, 3.63) is 54.7 Å². The van der Waals surface area contributed by atoms with E-state index in [0.29, 0.717) is 17.1 Å². The van der Waals surface area contributed by atoms with Crippen LogP contribution in [0, 0.1) is 0 Å². The maximum atomic E-state index is 12.0. The minimum Gasteiger partial charge on any atom is -0.445 e. The molecule has 2 amide bonds. The number of hydrogen-bond donors (Lipinski definition) is 3. The summed E-state index contributed by atoms with van der Waals surface area (Å²) in [6, 6.07) is 6.69. The molecule has 0 saturated carbocycles. The monoisotopic (exact) mass is 341 g/mol. The molecule has 3 rings (SSSR count). The number of nitrogens with one attached hydrogen (secondary N) is 2. The summed E-state index contributed by atoms with van der Waals surface area (Å²) in [5.74, 6) is 0.517. The van der Waals surface area contributed by atoms with E-state index in [4.69, 9.17) is 4.42 Å². The molecular weight excluding hydrogens is 322 g/mol. The highest BCUT2D eigenvalue weighted by molar-refractivity contribution is 5.89. The lowest BCUT2D eigenvalue weighted by Gasteiger charge is -2.22. The van der Waals surface area contributed by atoms with Crippen LogP contribution in [0.4, 0.5) is 10.5 Å².